The van der Waals surface area contributed by atoms with Crippen molar-refractivity contribution < 1.29 is 4.79 Å². The van der Waals surface area contributed by atoms with Gasteiger partial charge in [-0.05, 0) is 19.6 Å². The van der Waals surface area contributed by atoms with Crippen molar-refractivity contribution in [3.8, 4) is 0 Å². The lowest BCUT2D eigenvalue weighted by Gasteiger charge is -2.41. The molecular formula is C12H23NOS. The molecule has 3 unspecified atom stereocenters. The van der Waals surface area contributed by atoms with Crippen LogP contribution in [0.2, 0.25) is 0 Å². The maximum atomic E-state index is 11.6. The van der Waals surface area contributed by atoms with E-state index in [4.69, 9.17) is 0 Å². The van der Waals surface area contributed by atoms with Gasteiger partial charge in [-0.2, -0.15) is 11.8 Å². The average Bonchev–Trinajstić information content (AvgIpc) is 2.24. The van der Waals surface area contributed by atoms with Gasteiger partial charge in [-0.1, -0.05) is 13.8 Å². The van der Waals surface area contributed by atoms with Crippen molar-refractivity contribution in [2.75, 3.05) is 18.6 Å². The molecule has 3 atom stereocenters. The standard InChI is InChI=1S/C12H23NOS/c1-5-11(8-15-4)13-7-6-12(14)9(2)10(13)3/h9-11H,5-8H2,1-4H3. The molecule has 3 heteroatoms. The summed E-state index contributed by atoms with van der Waals surface area (Å²) in [5, 5.41) is 0. The summed E-state index contributed by atoms with van der Waals surface area (Å²) in [4.78, 5) is 14.1. The van der Waals surface area contributed by atoms with Crippen LogP contribution in [0.4, 0.5) is 0 Å². The van der Waals surface area contributed by atoms with Crippen LogP contribution < -0.4 is 0 Å². The van der Waals surface area contributed by atoms with Gasteiger partial charge in [0.1, 0.15) is 5.78 Å². The Morgan fingerprint density at radius 3 is 2.73 bits per heavy atom. The first-order chi connectivity index (χ1) is 7.11. The van der Waals surface area contributed by atoms with E-state index >= 15 is 0 Å². The highest BCUT2D eigenvalue weighted by molar-refractivity contribution is 7.98. The number of carbonyl (C=O) groups excluding carboxylic acids is 1. The van der Waals surface area contributed by atoms with Crippen LogP contribution in [-0.2, 0) is 4.79 Å². The van der Waals surface area contributed by atoms with Crippen molar-refractivity contribution in [2.45, 2.75) is 45.7 Å². The van der Waals surface area contributed by atoms with Gasteiger partial charge in [0, 0.05) is 36.7 Å². The SMILES string of the molecule is CCC(CSC)N1CCC(=O)C(C)C1C. The Labute approximate surface area is 97.8 Å². The van der Waals surface area contributed by atoms with E-state index in [1.165, 1.54) is 12.2 Å². The number of nitrogens with zero attached hydrogens (tertiary/aromatic N) is 1. The smallest absolute Gasteiger partial charge is 0.138 e. The number of hydrogen-bond donors (Lipinski definition) is 0. The van der Waals surface area contributed by atoms with Gasteiger partial charge in [-0.15, -0.1) is 0 Å². The average molecular weight is 229 g/mol. The topological polar surface area (TPSA) is 20.3 Å². The predicted octanol–water partition coefficient (Wildman–Crippen LogP) is 2.43. The zero-order chi connectivity index (χ0) is 11.4. The molecular weight excluding hydrogens is 206 g/mol. The largest absolute Gasteiger partial charge is 0.299 e. The highest BCUT2D eigenvalue weighted by atomic mass is 32.2. The molecule has 0 aromatic rings. The first kappa shape index (κ1) is 13.0. The number of rotatable bonds is 4. The van der Waals surface area contributed by atoms with Gasteiger partial charge in [0.2, 0.25) is 0 Å². The molecule has 0 aromatic heterocycles. The van der Waals surface area contributed by atoms with Gasteiger partial charge in [-0.3, -0.25) is 9.69 Å². The van der Waals surface area contributed by atoms with Crippen LogP contribution in [-0.4, -0.2) is 41.3 Å². The molecule has 0 amide bonds. The molecule has 0 saturated carbocycles. The zero-order valence-corrected chi connectivity index (χ0v) is 11.1. The van der Waals surface area contributed by atoms with E-state index in [0.29, 0.717) is 17.9 Å². The summed E-state index contributed by atoms with van der Waals surface area (Å²) in [6.07, 6.45) is 4.09. The second-order valence-electron chi connectivity index (χ2n) is 4.50. The van der Waals surface area contributed by atoms with E-state index in [1.807, 2.05) is 11.8 Å². The summed E-state index contributed by atoms with van der Waals surface area (Å²) < 4.78 is 0. The van der Waals surface area contributed by atoms with Crippen molar-refractivity contribution >= 4 is 17.5 Å². The van der Waals surface area contributed by atoms with Crippen molar-refractivity contribution in [3.05, 3.63) is 0 Å². The van der Waals surface area contributed by atoms with Crippen LogP contribution in [0.3, 0.4) is 0 Å². The Morgan fingerprint density at radius 1 is 1.53 bits per heavy atom. The Hall–Kier alpha value is -0.0200. The van der Waals surface area contributed by atoms with Gasteiger partial charge in [0.05, 0.1) is 0 Å². The number of Topliss-reactive ketones (excluding diaryl/α,β-unsaturated/α-hetero) is 1. The molecule has 1 rings (SSSR count). The Morgan fingerprint density at radius 2 is 2.20 bits per heavy atom. The summed E-state index contributed by atoms with van der Waals surface area (Å²) in [6, 6.07) is 1.06. The highest BCUT2D eigenvalue weighted by Gasteiger charge is 2.33. The third kappa shape index (κ3) is 2.97. The van der Waals surface area contributed by atoms with E-state index in [9.17, 15) is 4.79 Å². The zero-order valence-electron chi connectivity index (χ0n) is 10.3. The summed E-state index contributed by atoms with van der Waals surface area (Å²) in [7, 11) is 0. The van der Waals surface area contributed by atoms with Crippen LogP contribution in [0.25, 0.3) is 0 Å². The number of hydrogen-bond acceptors (Lipinski definition) is 3. The fourth-order valence-corrected chi connectivity index (χ4v) is 3.19. The monoisotopic (exact) mass is 229 g/mol. The first-order valence-corrected chi connectivity index (χ1v) is 7.28. The molecule has 1 saturated heterocycles. The minimum Gasteiger partial charge on any atom is -0.299 e. The van der Waals surface area contributed by atoms with E-state index in [-0.39, 0.29) is 5.92 Å². The highest BCUT2D eigenvalue weighted by Crippen LogP contribution is 2.24. The summed E-state index contributed by atoms with van der Waals surface area (Å²) in [6.45, 7) is 7.48. The maximum Gasteiger partial charge on any atom is 0.138 e. The number of carbonyl (C=O) groups is 1. The van der Waals surface area contributed by atoms with Gasteiger partial charge in [0.25, 0.3) is 0 Å². The Kier molecular flexibility index (Phi) is 5.13. The van der Waals surface area contributed by atoms with Crippen molar-refractivity contribution in [1.82, 2.24) is 4.90 Å². The summed E-state index contributed by atoms with van der Waals surface area (Å²) in [5.74, 6) is 1.84. The molecule has 1 aliphatic heterocycles. The Bertz CT molecular complexity index is 220. The van der Waals surface area contributed by atoms with Crippen LogP contribution in [0.1, 0.15) is 33.6 Å². The number of ketones is 1. The summed E-state index contributed by atoms with van der Waals surface area (Å²) >= 11 is 1.91. The molecule has 1 aliphatic rings. The summed E-state index contributed by atoms with van der Waals surface area (Å²) in [5.41, 5.74) is 0. The van der Waals surface area contributed by atoms with Crippen molar-refractivity contribution in [3.63, 3.8) is 0 Å². The minimum absolute atomic E-state index is 0.217. The molecule has 0 N–H and O–H groups in total. The maximum absolute atomic E-state index is 11.6. The van der Waals surface area contributed by atoms with Crippen molar-refractivity contribution in [2.24, 2.45) is 5.92 Å². The molecule has 0 bridgehead atoms. The lowest BCUT2D eigenvalue weighted by molar-refractivity contribution is -0.128. The third-order valence-corrected chi connectivity index (χ3v) is 4.39. The fourth-order valence-electron chi connectivity index (χ4n) is 2.38. The molecule has 0 aliphatic carbocycles. The minimum atomic E-state index is 0.217. The molecule has 15 heavy (non-hydrogen) atoms. The van der Waals surface area contributed by atoms with Crippen LogP contribution in [0.15, 0.2) is 0 Å². The first-order valence-electron chi connectivity index (χ1n) is 5.89. The second-order valence-corrected chi connectivity index (χ2v) is 5.41. The van der Waals surface area contributed by atoms with Gasteiger partial charge in [0.15, 0.2) is 0 Å². The molecule has 1 heterocycles. The van der Waals surface area contributed by atoms with Crippen LogP contribution in [0, 0.1) is 5.92 Å². The van der Waals surface area contributed by atoms with E-state index < -0.39 is 0 Å². The predicted molar refractivity (Wildman–Crippen MR) is 67.4 cm³/mol. The van der Waals surface area contributed by atoms with Gasteiger partial charge in [-0.25, -0.2) is 0 Å². The number of thioether (sulfide) groups is 1. The third-order valence-electron chi connectivity index (χ3n) is 3.67. The van der Waals surface area contributed by atoms with Gasteiger partial charge < -0.3 is 0 Å². The normalized spacial score (nSPS) is 30.5. The van der Waals surface area contributed by atoms with Crippen LogP contribution >= 0.6 is 11.8 Å². The molecule has 0 spiro atoms. The van der Waals surface area contributed by atoms with Crippen molar-refractivity contribution in [1.29, 1.82) is 0 Å². The molecule has 0 radical (unpaired) electrons. The molecule has 88 valence electrons. The lowest BCUT2D eigenvalue weighted by atomic mass is 9.89. The molecule has 2 nitrogen and oxygen atoms in total. The lowest BCUT2D eigenvalue weighted by Crippen LogP contribution is -2.52. The van der Waals surface area contributed by atoms with E-state index in [2.05, 4.69) is 31.9 Å². The second kappa shape index (κ2) is 5.90. The van der Waals surface area contributed by atoms with Gasteiger partial charge >= 0.3 is 0 Å². The fraction of sp³-hybridized carbons (Fsp3) is 0.917. The molecule has 1 fully saturated rings. The molecule has 0 aromatic carbocycles. The number of piperidine rings is 1. The van der Waals surface area contributed by atoms with E-state index in [0.717, 1.165) is 13.0 Å². The Balaban J connectivity index is 2.64. The quantitative estimate of drug-likeness (QED) is 0.738. The van der Waals surface area contributed by atoms with E-state index in [1.54, 1.807) is 0 Å². The number of likely N-dealkylation sites (tertiary alicyclic amines) is 1. The van der Waals surface area contributed by atoms with Crippen LogP contribution in [0.5, 0.6) is 0 Å².